The number of aliphatic hydroxyl groups is 2. The number of rotatable bonds is 4. The number of Topliss-reactive ketones (excluding diaryl/α,β-unsaturated/α-hetero) is 2. The zero-order valence-electron chi connectivity index (χ0n) is 33.0. The van der Waals surface area contributed by atoms with Crippen molar-refractivity contribution in [3.63, 3.8) is 0 Å². The van der Waals surface area contributed by atoms with Crippen LogP contribution < -0.4 is 14.8 Å². The van der Waals surface area contributed by atoms with Gasteiger partial charge in [-0.05, 0) is 19.9 Å². The lowest BCUT2D eigenvalue weighted by atomic mass is 9.78. The Morgan fingerprint density at radius 1 is 0.927 bits per heavy atom. The van der Waals surface area contributed by atoms with Crippen LogP contribution in [0.2, 0.25) is 0 Å². The maximum Gasteiger partial charge on any atom is 0.313 e. The molecule has 0 unspecified atom stereocenters. The van der Waals surface area contributed by atoms with Crippen LogP contribution in [0.5, 0.6) is 11.5 Å². The summed E-state index contributed by atoms with van der Waals surface area (Å²) in [5, 5.41) is 25.1. The third-order valence-corrected chi connectivity index (χ3v) is 10.5. The Bertz CT molecular complexity index is 1890. The molecule has 0 radical (unpaired) electrons. The maximum absolute atomic E-state index is 14.2. The number of methoxy groups -OCH3 is 1. The SMILES string of the molecule is CO[C@H]1C=CO[C@@]2(C)Oc3c(C)c(OC(=O)C(C)C)c4c(c3C2=O)C(=O)C=C(NC(=O)C(C)=CC=C[C@H](C)[C@H](O)[C@@H](C)[C@H](O)[C@H](C)[C@H](OC(C)=O)[C@@H]1C)C4=O. The number of aliphatic hydroxyl groups excluding tert-OH is 2. The van der Waals surface area contributed by atoms with E-state index in [1.165, 1.54) is 47.0 Å². The molecule has 298 valence electrons. The van der Waals surface area contributed by atoms with Crippen LogP contribution in [-0.2, 0) is 28.6 Å². The fraction of sp³-hybridized carbons (Fsp3) is 0.512. The van der Waals surface area contributed by atoms with Gasteiger partial charge in [0, 0.05) is 61.8 Å². The summed E-state index contributed by atoms with van der Waals surface area (Å²) >= 11 is 0. The van der Waals surface area contributed by atoms with Crippen molar-refractivity contribution >= 4 is 35.2 Å². The van der Waals surface area contributed by atoms with Gasteiger partial charge in [-0.15, -0.1) is 0 Å². The highest BCUT2D eigenvalue weighted by Gasteiger charge is 2.52. The Morgan fingerprint density at radius 3 is 2.18 bits per heavy atom. The number of ketones is 3. The summed E-state index contributed by atoms with van der Waals surface area (Å²) in [7, 11) is 1.42. The highest BCUT2D eigenvalue weighted by molar-refractivity contribution is 6.31. The van der Waals surface area contributed by atoms with E-state index in [1.54, 1.807) is 53.7 Å². The van der Waals surface area contributed by atoms with Gasteiger partial charge in [0.1, 0.15) is 17.6 Å². The summed E-state index contributed by atoms with van der Waals surface area (Å²) < 4.78 is 29.1. The maximum atomic E-state index is 14.2. The van der Waals surface area contributed by atoms with Gasteiger partial charge in [-0.2, -0.15) is 0 Å². The van der Waals surface area contributed by atoms with Gasteiger partial charge in [0.05, 0.1) is 52.9 Å². The second-order valence-corrected chi connectivity index (χ2v) is 14.9. The molecule has 0 saturated carbocycles. The first-order valence-electron chi connectivity index (χ1n) is 18.2. The molecule has 3 N–H and O–H groups in total. The quantitative estimate of drug-likeness (QED) is 0.286. The van der Waals surface area contributed by atoms with Gasteiger partial charge in [0.25, 0.3) is 11.7 Å². The summed E-state index contributed by atoms with van der Waals surface area (Å²) in [6.07, 6.45) is 4.24. The number of esters is 2. The van der Waals surface area contributed by atoms with E-state index in [0.29, 0.717) is 0 Å². The number of allylic oxidation sites excluding steroid dienone is 4. The van der Waals surface area contributed by atoms with Gasteiger partial charge in [0.15, 0.2) is 5.78 Å². The highest BCUT2D eigenvalue weighted by atomic mass is 16.7. The first-order valence-corrected chi connectivity index (χ1v) is 18.2. The van der Waals surface area contributed by atoms with Crippen LogP contribution in [0.4, 0.5) is 0 Å². The number of ether oxygens (including phenoxy) is 5. The first kappa shape index (κ1) is 42.8. The number of hydrogen-bond acceptors (Lipinski definition) is 13. The number of benzene rings is 1. The molecule has 3 heterocycles. The van der Waals surface area contributed by atoms with Crippen molar-refractivity contribution in [2.45, 2.75) is 99.4 Å². The number of nitrogens with one attached hydrogen (secondary N) is 1. The average molecular weight is 766 g/mol. The van der Waals surface area contributed by atoms with Crippen LogP contribution in [0.25, 0.3) is 0 Å². The molecule has 0 saturated heterocycles. The fourth-order valence-electron chi connectivity index (χ4n) is 6.95. The zero-order chi connectivity index (χ0) is 41.3. The van der Waals surface area contributed by atoms with Gasteiger partial charge < -0.3 is 39.2 Å². The lowest BCUT2D eigenvalue weighted by Gasteiger charge is -2.38. The molecule has 1 aromatic rings. The van der Waals surface area contributed by atoms with Crippen LogP contribution in [0.15, 0.2) is 47.9 Å². The van der Waals surface area contributed by atoms with E-state index < -0.39 is 101 Å². The van der Waals surface area contributed by atoms with Crippen molar-refractivity contribution < 1.29 is 62.7 Å². The third-order valence-electron chi connectivity index (χ3n) is 10.5. The van der Waals surface area contributed by atoms with Gasteiger partial charge in [-0.1, -0.05) is 59.8 Å². The summed E-state index contributed by atoms with van der Waals surface area (Å²) in [6.45, 7) is 15.5. The van der Waals surface area contributed by atoms with E-state index in [1.807, 2.05) is 0 Å². The smallest absolute Gasteiger partial charge is 0.313 e. The standard InChI is InChI=1S/C41H51NO13/c1-18(2)40(50)54-36-24(8)37-31-29-27(44)17-26(34(47)30(29)36)42-39(49)20(4)14-12-13-19(3)32(45)22(6)33(46)23(7)35(53-25(9)43)21(5)28(51-11)15-16-52-41(10,55-37)38(31)48/h12-19,21-23,28,32-33,35,45-46H,1-11H3,(H,42,49)/t19-,21+,22+,23-,28-,32-,33-,35+,41-/m0/s1. The van der Waals surface area contributed by atoms with E-state index in [0.717, 1.165) is 12.3 Å². The third kappa shape index (κ3) is 8.51. The molecular formula is C41H51NO13. The number of fused-ring (bicyclic) bond motifs is 14. The van der Waals surface area contributed by atoms with Gasteiger partial charge in [-0.25, -0.2) is 0 Å². The van der Waals surface area contributed by atoms with Crippen LogP contribution in [0, 0.1) is 36.5 Å². The van der Waals surface area contributed by atoms with Crippen LogP contribution in [0.3, 0.4) is 0 Å². The Kier molecular flexibility index (Phi) is 13.1. The number of amides is 1. The molecule has 14 nitrogen and oxygen atoms in total. The molecule has 0 spiro atoms. The summed E-state index contributed by atoms with van der Waals surface area (Å²) in [5.74, 6) is -10.2. The molecular weight excluding hydrogens is 714 g/mol. The average Bonchev–Trinajstić information content (AvgIpc) is 3.39. The summed E-state index contributed by atoms with van der Waals surface area (Å²) in [6, 6.07) is 0. The van der Waals surface area contributed by atoms with Crippen molar-refractivity contribution in [2.24, 2.45) is 29.6 Å². The molecule has 3 aliphatic heterocycles. The van der Waals surface area contributed by atoms with Crippen molar-refractivity contribution in [3.8, 4) is 11.5 Å². The normalized spacial score (nSPS) is 30.3. The predicted molar refractivity (Wildman–Crippen MR) is 198 cm³/mol. The number of carbonyl (C=O) groups is 6. The number of hydrogen-bond donors (Lipinski definition) is 3. The highest BCUT2D eigenvalue weighted by Crippen LogP contribution is 2.48. The van der Waals surface area contributed by atoms with Crippen LogP contribution >= 0.6 is 0 Å². The molecule has 1 aromatic carbocycles. The Labute approximate surface area is 320 Å². The van der Waals surface area contributed by atoms with E-state index in [-0.39, 0.29) is 39.3 Å². The topological polar surface area (TPSA) is 201 Å². The largest absolute Gasteiger partial charge is 0.462 e. The minimum atomic E-state index is -2.08. The van der Waals surface area contributed by atoms with Crippen molar-refractivity contribution in [1.82, 2.24) is 5.32 Å². The predicted octanol–water partition coefficient (Wildman–Crippen LogP) is 4.49. The Morgan fingerprint density at radius 2 is 1.58 bits per heavy atom. The molecule has 1 aliphatic carbocycles. The Hall–Kier alpha value is -4.92. The molecule has 55 heavy (non-hydrogen) atoms. The Balaban J connectivity index is 1.90. The van der Waals surface area contributed by atoms with E-state index in [2.05, 4.69) is 5.32 Å². The minimum Gasteiger partial charge on any atom is -0.462 e. The van der Waals surface area contributed by atoms with Crippen LogP contribution in [-0.4, -0.2) is 82.7 Å². The van der Waals surface area contributed by atoms with Gasteiger partial charge >= 0.3 is 17.7 Å². The summed E-state index contributed by atoms with van der Waals surface area (Å²) in [4.78, 5) is 80.7. The molecule has 14 heteroatoms. The van der Waals surface area contributed by atoms with Crippen molar-refractivity contribution in [3.05, 3.63) is 70.2 Å². The van der Waals surface area contributed by atoms with E-state index in [4.69, 9.17) is 23.7 Å². The fourth-order valence-corrected chi connectivity index (χ4v) is 6.95. The first-order chi connectivity index (χ1) is 25.7. The monoisotopic (exact) mass is 765 g/mol. The second-order valence-electron chi connectivity index (χ2n) is 14.9. The van der Waals surface area contributed by atoms with Gasteiger partial charge in [-0.3, -0.25) is 28.8 Å². The molecule has 4 aliphatic rings. The molecule has 5 bridgehead atoms. The molecule has 9 atom stereocenters. The van der Waals surface area contributed by atoms with Gasteiger partial charge in [0.2, 0.25) is 5.78 Å². The van der Waals surface area contributed by atoms with Crippen LogP contribution in [0.1, 0.15) is 99.0 Å². The van der Waals surface area contributed by atoms with E-state index in [9.17, 15) is 39.0 Å². The second kappa shape index (κ2) is 16.8. The summed E-state index contributed by atoms with van der Waals surface area (Å²) in [5.41, 5.74) is -1.23. The minimum absolute atomic E-state index is 0.0681. The lowest BCUT2D eigenvalue weighted by molar-refractivity contribution is -0.160. The molecule has 0 fully saturated rings. The molecule has 5 rings (SSSR count). The molecule has 1 amide bonds. The van der Waals surface area contributed by atoms with E-state index >= 15 is 0 Å². The number of carbonyl (C=O) groups excluding carboxylic acids is 6. The van der Waals surface area contributed by atoms with Crippen molar-refractivity contribution in [1.29, 1.82) is 0 Å². The molecule has 0 aromatic heterocycles. The lowest BCUT2D eigenvalue weighted by Crippen LogP contribution is -2.46. The zero-order valence-corrected chi connectivity index (χ0v) is 33.0. The van der Waals surface area contributed by atoms with Crippen molar-refractivity contribution in [2.75, 3.05) is 7.11 Å².